The maximum absolute atomic E-state index is 11.2. The summed E-state index contributed by atoms with van der Waals surface area (Å²) in [7, 11) is 0. The van der Waals surface area contributed by atoms with Crippen molar-refractivity contribution in [2.75, 3.05) is 0 Å². The quantitative estimate of drug-likeness (QED) is 0.591. The van der Waals surface area contributed by atoms with Crippen molar-refractivity contribution in [3.05, 3.63) is 56.0 Å². The molecule has 0 fully saturated rings. The Balaban J connectivity index is 2.53. The maximum Gasteiger partial charge on any atom is 0.339 e. The standard InChI is InChI=1S/C16H11Cl3O5/c1-7(20)24-15-11(16(22)23)3-2-8(13(15)19)4-9-5-10(17)6-12(18)14(9)21/h2-3,5-6,21H,4H2,1H3,(H,22,23). The Morgan fingerprint density at radius 3 is 2.38 bits per heavy atom. The summed E-state index contributed by atoms with van der Waals surface area (Å²) in [5.74, 6) is -2.39. The van der Waals surface area contributed by atoms with Gasteiger partial charge in [-0.2, -0.15) is 0 Å². The Morgan fingerprint density at radius 2 is 1.79 bits per heavy atom. The molecule has 0 aromatic heterocycles. The number of carboxylic acids is 1. The van der Waals surface area contributed by atoms with Gasteiger partial charge in [0, 0.05) is 23.9 Å². The number of esters is 1. The van der Waals surface area contributed by atoms with Crippen LogP contribution in [0.3, 0.4) is 0 Å². The number of hydrogen-bond donors (Lipinski definition) is 2. The molecular weight excluding hydrogens is 379 g/mol. The molecule has 0 radical (unpaired) electrons. The molecular formula is C16H11Cl3O5. The van der Waals surface area contributed by atoms with Crippen molar-refractivity contribution in [3.8, 4) is 11.5 Å². The van der Waals surface area contributed by atoms with Crippen LogP contribution >= 0.6 is 34.8 Å². The third-order valence-electron chi connectivity index (χ3n) is 3.14. The molecule has 2 N–H and O–H groups in total. The lowest BCUT2D eigenvalue weighted by Gasteiger charge is -2.13. The first-order valence-electron chi connectivity index (χ1n) is 6.60. The number of carbonyl (C=O) groups is 2. The van der Waals surface area contributed by atoms with Gasteiger partial charge in [0.2, 0.25) is 0 Å². The topological polar surface area (TPSA) is 83.8 Å². The van der Waals surface area contributed by atoms with Gasteiger partial charge in [0.15, 0.2) is 5.75 Å². The normalized spacial score (nSPS) is 10.5. The fourth-order valence-electron chi connectivity index (χ4n) is 2.10. The molecule has 2 rings (SSSR count). The number of halogens is 3. The summed E-state index contributed by atoms with van der Waals surface area (Å²) in [5, 5.41) is 19.6. The first kappa shape index (κ1) is 18.4. The summed E-state index contributed by atoms with van der Waals surface area (Å²) < 4.78 is 4.93. The minimum absolute atomic E-state index is 0.0411. The number of hydrogen-bond acceptors (Lipinski definition) is 4. The Morgan fingerprint density at radius 1 is 1.12 bits per heavy atom. The van der Waals surface area contributed by atoms with Gasteiger partial charge in [0.05, 0.1) is 10.0 Å². The minimum atomic E-state index is -1.28. The number of phenols is 1. The first-order valence-corrected chi connectivity index (χ1v) is 7.74. The summed E-state index contributed by atoms with van der Waals surface area (Å²) in [4.78, 5) is 22.4. The highest BCUT2D eigenvalue weighted by molar-refractivity contribution is 6.35. The van der Waals surface area contributed by atoms with Gasteiger partial charge in [0.1, 0.15) is 11.3 Å². The van der Waals surface area contributed by atoms with E-state index in [0.29, 0.717) is 16.1 Å². The Labute approximate surface area is 152 Å². The summed E-state index contributed by atoms with van der Waals surface area (Å²) in [6.45, 7) is 1.14. The molecule has 0 bridgehead atoms. The van der Waals surface area contributed by atoms with Crippen molar-refractivity contribution < 1.29 is 24.5 Å². The predicted molar refractivity (Wildman–Crippen MR) is 90.7 cm³/mol. The number of phenolic OH excluding ortho intramolecular Hbond substituents is 1. The van der Waals surface area contributed by atoms with Gasteiger partial charge in [-0.3, -0.25) is 4.79 Å². The van der Waals surface area contributed by atoms with Gasteiger partial charge < -0.3 is 14.9 Å². The fourth-order valence-corrected chi connectivity index (χ4v) is 2.91. The van der Waals surface area contributed by atoms with Crippen LogP contribution in [-0.2, 0) is 11.2 Å². The van der Waals surface area contributed by atoms with E-state index in [4.69, 9.17) is 39.5 Å². The van der Waals surface area contributed by atoms with E-state index in [0.717, 1.165) is 6.92 Å². The molecule has 0 aliphatic carbocycles. The molecule has 0 amide bonds. The van der Waals surface area contributed by atoms with Gasteiger partial charge >= 0.3 is 11.9 Å². The summed E-state index contributed by atoms with van der Waals surface area (Å²) in [6, 6.07) is 5.63. The molecule has 2 aromatic rings. The van der Waals surface area contributed by atoms with E-state index < -0.39 is 11.9 Å². The van der Waals surface area contributed by atoms with Crippen LogP contribution in [0, 0.1) is 0 Å². The summed E-state index contributed by atoms with van der Waals surface area (Å²) in [5.41, 5.74) is 0.588. The average Bonchev–Trinajstić information content (AvgIpc) is 2.47. The van der Waals surface area contributed by atoms with Crippen molar-refractivity contribution in [1.82, 2.24) is 0 Å². The number of aromatic hydroxyl groups is 1. The molecule has 8 heteroatoms. The zero-order chi connectivity index (χ0) is 18.0. The van der Waals surface area contributed by atoms with Crippen LogP contribution in [0.1, 0.15) is 28.4 Å². The molecule has 0 aliphatic heterocycles. The largest absolute Gasteiger partial charge is 0.506 e. The molecule has 0 aliphatic rings. The average molecular weight is 390 g/mol. The minimum Gasteiger partial charge on any atom is -0.506 e. The Hall–Kier alpha value is -1.95. The van der Waals surface area contributed by atoms with Crippen LogP contribution in [0.5, 0.6) is 11.5 Å². The van der Waals surface area contributed by atoms with Crippen LogP contribution in [-0.4, -0.2) is 22.2 Å². The zero-order valence-corrected chi connectivity index (χ0v) is 14.5. The third kappa shape index (κ3) is 3.93. The number of aromatic carboxylic acids is 1. The SMILES string of the molecule is CC(=O)Oc1c(C(=O)O)ccc(Cc2cc(Cl)cc(Cl)c2O)c1Cl. The smallest absolute Gasteiger partial charge is 0.339 e. The van der Waals surface area contributed by atoms with E-state index in [1.165, 1.54) is 24.3 Å². The summed E-state index contributed by atoms with van der Waals surface area (Å²) in [6.07, 6.45) is 0.110. The van der Waals surface area contributed by atoms with Crippen LogP contribution in [0.4, 0.5) is 0 Å². The van der Waals surface area contributed by atoms with E-state index in [1.807, 2.05) is 0 Å². The summed E-state index contributed by atoms with van der Waals surface area (Å²) >= 11 is 18.0. The molecule has 0 spiro atoms. The highest BCUT2D eigenvalue weighted by Gasteiger charge is 2.20. The molecule has 24 heavy (non-hydrogen) atoms. The molecule has 0 heterocycles. The lowest BCUT2D eigenvalue weighted by molar-refractivity contribution is -0.131. The maximum atomic E-state index is 11.2. The molecule has 2 aromatic carbocycles. The van der Waals surface area contributed by atoms with Gasteiger partial charge in [-0.05, 0) is 23.8 Å². The molecule has 126 valence electrons. The van der Waals surface area contributed by atoms with E-state index in [9.17, 15) is 19.8 Å². The molecule has 5 nitrogen and oxygen atoms in total. The Kier molecular flexibility index (Phi) is 5.59. The van der Waals surface area contributed by atoms with Crippen molar-refractivity contribution in [3.63, 3.8) is 0 Å². The zero-order valence-electron chi connectivity index (χ0n) is 12.3. The molecule has 0 atom stereocenters. The van der Waals surface area contributed by atoms with Crippen LogP contribution < -0.4 is 4.74 Å². The molecule has 0 saturated heterocycles. The Bertz CT molecular complexity index is 833. The van der Waals surface area contributed by atoms with Crippen LogP contribution in [0.25, 0.3) is 0 Å². The second kappa shape index (κ2) is 7.30. The molecule has 0 unspecified atom stereocenters. The first-order chi connectivity index (χ1) is 11.2. The lowest BCUT2D eigenvalue weighted by atomic mass is 10.0. The van der Waals surface area contributed by atoms with Crippen LogP contribution in [0.15, 0.2) is 24.3 Å². The van der Waals surface area contributed by atoms with Crippen molar-refractivity contribution in [2.45, 2.75) is 13.3 Å². The van der Waals surface area contributed by atoms with E-state index >= 15 is 0 Å². The number of carbonyl (C=O) groups excluding carboxylic acids is 1. The van der Waals surface area contributed by atoms with Gasteiger partial charge in [-0.25, -0.2) is 4.79 Å². The second-order valence-corrected chi connectivity index (χ2v) is 6.11. The van der Waals surface area contributed by atoms with Gasteiger partial charge in [-0.15, -0.1) is 0 Å². The van der Waals surface area contributed by atoms with Gasteiger partial charge in [-0.1, -0.05) is 40.9 Å². The lowest BCUT2D eigenvalue weighted by Crippen LogP contribution is -2.09. The third-order valence-corrected chi connectivity index (χ3v) is 4.06. The number of carboxylic acid groups (broad SMARTS) is 1. The second-order valence-electron chi connectivity index (χ2n) is 4.89. The highest BCUT2D eigenvalue weighted by Crippen LogP contribution is 2.37. The number of benzene rings is 2. The van der Waals surface area contributed by atoms with Gasteiger partial charge in [0.25, 0.3) is 0 Å². The number of rotatable bonds is 4. The van der Waals surface area contributed by atoms with E-state index in [-0.39, 0.29) is 33.5 Å². The monoisotopic (exact) mass is 388 g/mol. The fraction of sp³-hybridized carbons (Fsp3) is 0.125. The van der Waals surface area contributed by atoms with E-state index in [1.54, 1.807) is 0 Å². The predicted octanol–water partition coefficient (Wildman–Crippen LogP) is 4.57. The van der Waals surface area contributed by atoms with Crippen molar-refractivity contribution in [1.29, 1.82) is 0 Å². The van der Waals surface area contributed by atoms with Crippen molar-refractivity contribution in [2.24, 2.45) is 0 Å². The highest BCUT2D eigenvalue weighted by atomic mass is 35.5. The molecule has 0 saturated carbocycles. The number of ether oxygens (including phenoxy) is 1. The van der Waals surface area contributed by atoms with Crippen LogP contribution in [0.2, 0.25) is 15.1 Å². The van der Waals surface area contributed by atoms with Crippen molar-refractivity contribution >= 4 is 46.7 Å². The van der Waals surface area contributed by atoms with E-state index in [2.05, 4.69) is 0 Å².